The van der Waals surface area contributed by atoms with Crippen LogP contribution >= 0.6 is 0 Å². The van der Waals surface area contributed by atoms with Crippen molar-refractivity contribution < 1.29 is 4.42 Å². The van der Waals surface area contributed by atoms with Crippen LogP contribution in [0.1, 0.15) is 29.2 Å². The molecule has 0 N–H and O–H groups in total. The normalized spacial score (nSPS) is 14.7. The summed E-state index contributed by atoms with van der Waals surface area (Å²) in [4.78, 5) is 0. The minimum Gasteiger partial charge on any atom is -0.456 e. The standard InChI is InChI=1S/C44H26N4O/c45-25-27-12-16-41-35(20-27)33-8-1-3-10-39(33)47(41)31-7-5-6-29(22-31)30-14-18-43-37(23-30)38-24-32(15-19-44(38)49-43)48-40-11-4-2-9-34(40)36-21-28(26-46)13-17-42(36)48/h1-21,23-24,31H,22H2. The van der Waals surface area contributed by atoms with Crippen molar-refractivity contribution in [3.05, 3.63) is 156 Å². The van der Waals surface area contributed by atoms with Crippen LogP contribution in [0.25, 0.3) is 76.8 Å². The van der Waals surface area contributed by atoms with Gasteiger partial charge in [-0.3, -0.25) is 0 Å². The summed E-state index contributed by atoms with van der Waals surface area (Å²) in [6.45, 7) is 0. The highest BCUT2D eigenvalue weighted by Gasteiger charge is 2.21. The van der Waals surface area contributed by atoms with Crippen LogP contribution in [0.15, 0.2) is 144 Å². The number of rotatable bonds is 3. The molecule has 0 aliphatic heterocycles. The minimum absolute atomic E-state index is 0.121. The number of nitriles is 2. The van der Waals surface area contributed by atoms with Gasteiger partial charge in [0.2, 0.25) is 0 Å². The molecule has 3 heterocycles. The van der Waals surface area contributed by atoms with Crippen molar-refractivity contribution in [3.63, 3.8) is 0 Å². The Balaban J connectivity index is 1.08. The molecule has 3 aromatic heterocycles. The van der Waals surface area contributed by atoms with Crippen molar-refractivity contribution in [2.75, 3.05) is 0 Å². The summed E-state index contributed by atoms with van der Waals surface area (Å²) in [5.74, 6) is 0. The van der Waals surface area contributed by atoms with Crippen molar-refractivity contribution in [2.24, 2.45) is 0 Å². The lowest BCUT2D eigenvalue weighted by molar-refractivity contribution is 0.656. The average molecular weight is 627 g/mol. The number of nitrogens with zero attached hydrogens (tertiary/aromatic N) is 4. The monoisotopic (exact) mass is 626 g/mol. The third-order valence-corrected chi connectivity index (χ3v) is 10.1. The van der Waals surface area contributed by atoms with E-state index in [1.807, 2.05) is 36.4 Å². The van der Waals surface area contributed by atoms with Crippen LogP contribution in [0.4, 0.5) is 0 Å². The fraction of sp³-hybridized carbons (Fsp3) is 0.0455. The predicted molar refractivity (Wildman–Crippen MR) is 198 cm³/mol. The van der Waals surface area contributed by atoms with Gasteiger partial charge in [-0.1, -0.05) is 60.7 Å². The van der Waals surface area contributed by atoms with Crippen LogP contribution in [-0.2, 0) is 0 Å². The Labute approximate surface area is 281 Å². The summed E-state index contributed by atoms with van der Waals surface area (Å²) in [6, 6.07) is 46.4. The molecule has 0 amide bonds. The second-order valence-electron chi connectivity index (χ2n) is 12.8. The highest BCUT2D eigenvalue weighted by molar-refractivity contribution is 6.11. The predicted octanol–water partition coefficient (Wildman–Crippen LogP) is 11.1. The van der Waals surface area contributed by atoms with E-state index in [-0.39, 0.29) is 6.04 Å². The van der Waals surface area contributed by atoms with Crippen LogP contribution in [0.3, 0.4) is 0 Å². The van der Waals surface area contributed by atoms with E-state index in [4.69, 9.17) is 4.42 Å². The molecule has 1 atom stereocenters. The fourth-order valence-electron chi connectivity index (χ4n) is 7.91. The quantitative estimate of drug-likeness (QED) is 0.196. The van der Waals surface area contributed by atoms with Crippen LogP contribution in [0.2, 0.25) is 0 Å². The summed E-state index contributed by atoms with van der Waals surface area (Å²) in [5.41, 5.74) is 11.0. The molecule has 0 spiro atoms. The van der Waals surface area contributed by atoms with Crippen molar-refractivity contribution in [1.29, 1.82) is 10.5 Å². The van der Waals surface area contributed by atoms with E-state index in [0.29, 0.717) is 11.1 Å². The minimum atomic E-state index is 0.121. The lowest BCUT2D eigenvalue weighted by Gasteiger charge is -2.23. The summed E-state index contributed by atoms with van der Waals surface area (Å²) in [6.07, 6.45) is 7.50. The molecule has 0 fully saturated rings. The molecule has 0 bridgehead atoms. The highest BCUT2D eigenvalue weighted by Crippen LogP contribution is 2.40. The molecule has 1 aliphatic carbocycles. The number of benzene rings is 6. The zero-order valence-corrected chi connectivity index (χ0v) is 26.3. The first-order valence-electron chi connectivity index (χ1n) is 16.4. The van der Waals surface area contributed by atoms with Crippen molar-refractivity contribution in [1.82, 2.24) is 9.13 Å². The molecule has 10 rings (SSSR count). The lowest BCUT2D eigenvalue weighted by Crippen LogP contribution is -2.09. The molecule has 0 radical (unpaired) electrons. The van der Waals surface area contributed by atoms with Gasteiger partial charge in [-0.25, -0.2) is 0 Å². The molecule has 0 saturated heterocycles. The van der Waals surface area contributed by atoms with Crippen LogP contribution in [-0.4, -0.2) is 9.13 Å². The average Bonchev–Trinajstić information content (AvgIpc) is 3.81. The van der Waals surface area contributed by atoms with Crippen molar-refractivity contribution in [2.45, 2.75) is 12.5 Å². The highest BCUT2D eigenvalue weighted by atomic mass is 16.3. The molecule has 9 aromatic rings. The van der Waals surface area contributed by atoms with Gasteiger partial charge in [-0.2, -0.15) is 10.5 Å². The Morgan fingerprint density at radius 2 is 1.18 bits per heavy atom. The molecule has 5 heteroatoms. The molecule has 1 unspecified atom stereocenters. The van der Waals surface area contributed by atoms with E-state index in [9.17, 15) is 10.5 Å². The molecular formula is C44H26N4O. The topological polar surface area (TPSA) is 70.6 Å². The first kappa shape index (κ1) is 27.3. The number of hydrogen-bond donors (Lipinski definition) is 0. The first-order chi connectivity index (χ1) is 24.2. The number of fused-ring (bicyclic) bond motifs is 9. The van der Waals surface area contributed by atoms with Crippen LogP contribution in [0, 0.1) is 22.7 Å². The first-order valence-corrected chi connectivity index (χ1v) is 16.4. The summed E-state index contributed by atoms with van der Waals surface area (Å²) >= 11 is 0. The second-order valence-corrected chi connectivity index (χ2v) is 12.8. The molecule has 1 aliphatic rings. The van der Waals surface area contributed by atoms with E-state index in [0.717, 1.165) is 72.1 Å². The molecule has 228 valence electrons. The number of hydrogen-bond acceptors (Lipinski definition) is 3. The molecule has 5 nitrogen and oxygen atoms in total. The van der Waals surface area contributed by atoms with E-state index < -0.39 is 0 Å². The van der Waals surface area contributed by atoms with Gasteiger partial charge >= 0.3 is 0 Å². The van der Waals surface area contributed by atoms with Gasteiger partial charge in [0, 0.05) is 49.0 Å². The smallest absolute Gasteiger partial charge is 0.135 e. The van der Waals surface area contributed by atoms with Gasteiger partial charge in [-0.05, 0) is 96.4 Å². The Hall–Kier alpha value is -6.82. The van der Waals surface area contributed by atoms with Gasteiger partial charge in [-0.15, -0.1) is 0 Å². The van der Waals surface area contributed by atoms with E-state index in [1.165, 1.54) is 16.7 Å². The van der Waals surface area contributed by atoms with Gasteiger partial charge in [0.05, 0.1) is 40.3 Å². The second kappa shape index (κ2) is 10.3. The third-order valence-electron chi connectivity index (χ3n) is 10.1. The molecule has 6 aromatic carbocycles. The Bertz CT molecular complexity index is 3010. The summed E-state index contributed by atoms with van der Waals surface area (Å²) in [5, 5.41) is 25.8. The van der Waals surface area contributed by atoms with Crippen LogP contribution < -0.4 is 0 Å². The van der Waals surface area contributed by atoms with E-state index in [1.54, 1.807) is 0 Å². The van der Waals surface area contributed by atoms with E-state index >= 15 is 0 Å². The molecule has 0 saturated carbocycles. The summed E-state index contributed by atoms with van der Waals surface area (Å²) in [7, 11) is 0. The molecule has 49 heavy (non-hydrogen) atoms. The van der Waals surface area contributed by atoms with Gasteiger partial charge in [0.1, 0.15) is 11.2 Å². The van der Waals surface area contributed by atoms with Gasteiger partial charge in [0.15, 0.2) is 0 Å². The summed E-state index contributed by atoms with van der Waals surface area (Å²) < 4.78 is 11.1. The maximum Gasteiger partial charge on any atom is 0.135 e. The third kappa shape index (κ3) is 4.03. The van der Waals surface area contributed by atoms with Gasteiger partial charge in [0.25, 0.3) is 0 Å². The maximum atomic E-state index is 9.58. The number of allylic oxidation sites excluding steroid dienone is 4. The van der Waals surface area contributed by atoms with Crippen molar-refractivity contribution >= 4 is 71.1 Å². The zero-order valence-electron chi connectivity index (χ0n) is 26.3. The Morgan fingerprint density at radius 1 is 0.571 bits per heavy atom. The zero-order chi connectivity index (χ0) is 32.6. The Morgan fingerprint density at radius 3 is 1.96 bits per heavy atom. The Kier molecular flexibility index (Phi) is 5.76. The lowest BCUT2D eigenvalue weighted by atomic mass is 9.93. The van der Waals surface area contributed by atoms with Gasteiger partial charge < -0.3 is 13.6 Å². The van der Waals surface area contributed by atoms with Crippen molar-refractivity contribution in [3.8, 4) is 17.8 Å². The van der Waals surface area contributed by atoms with E-state index in [2.05, 4.69) is 124 Å². The number of aromatic nitrogens is 2. The number of para-hydroxylation sites is 2. The largest absolute Gasteiger partial charge is 0.456 e. The SMILES string of the molecule is N#Cc1ccc2c(c1)c1ccccc1n2-c1ccc2oc3ccc(C4=CC=CC(n5c6ccccc6c6cc(C#N)ccc65)C4)cc3c2c1. The van der Waals surface area contributed by atoms with Crippen LogP contribution in [0.5, 0.6) is 0 Å². The fourth-order valence-corrected chi connectivity index (χ4v) is 7.91. The maximum absolute atomic E-state index is 9.58. The molecular weight excluding hydrogens is 601 g/mol. The number of furan rings is 1.